The molecular weight excluding hydrogens is 300 g/mol. The first kappa shape index (κ1) is 17.7. The van der Waals surface area contributed by atoms with E-state index in [2.05, 4.69) is 12.2 Å². The van der Waals surface area contributed by atoms with Crippen LogP contribution in [0.2, 0.25) is 0 Å². The van der Waals surface area contributed by atoms with E-state index < -0.39 is 0 Å². The first-order valence-electron chi connectivity index (χ1n) is 8.24. The van der Waals surface area contributed by atoms with Crippen molar-refractivity contribution in [2.75, 3.05) is 18.0 Å². The normalized spacial score (nSPS) is 10.3. The van der Waals surface area contributed by atoms with E-state index in [0.29, 0.717) is 18.7 Å². The number of nitrogens with one attached hydrogen (secondary N) is 1. The maximum Gasteiger partial charge on any atom is 0.251 e. The minimum atomic E-state index is -0.125. The van der Waals surface area contributed by atoms with Gasteiger partial charge >= 0.3 is 0 Å². The summed E-state index contributed by atoms with van der Waals surface area (Å²) in [6.45, 7) is 6.50. The van der Waals surface area contributed by atoms with Gasteiger partial charge in [-0.1, -0.05) is 43.3 Å². The predicted molar refractivity (Wildman–Crippen MR) is 97.4 cm³/mol. The number of hydrogen-bond donors (Lipinski definition) is 1. The zero-order valence-electron chi connectivity index (χ0n) is 14.5. The Kier molecular flexibility index (Phi) is 6.13. The quantitative estimate of drug-likeness (QED) is 0.886. The van der Waals surface area contributed by atoms with Gasteiger partial charge in [0.15, 0.2) is 0 Å². The molecule has 0 aliphatic heterocycles. The van der Waals surface area contributed by atoms with Crippen molar-refractivity contribution in [3.63, 3.8) is 0 Å². The Morgan fingerprint density at radius 2 is 1.75 bits per heavy atom. The van der Waals surface area contributed by atoms with E-state index in [0.717, 1.165) is 23.2 Å². The summed E-state index contributed by atoms with van der Waals surface area (Å²) in [6.07, 6.45) is 0.858. The van der Waals surface area contributed by atoms with Crippen LogP contribution in [0.1, 0.15) is 35.3 Å². The highest BCUT2D eigenvalue weighted by molar-refractivity contribution is 5.95. The topological polar surface area (TPSA) is 49.4 Å². The van der Waals surface area contributed by atoms with Gasteiger partial charge < -0.3 is 10.2 Å². The van der Waals surface area contributed by atoms with Gasteiger partial charge in [0.1, 0.15) is 0 Å². The maximum atomic E-state index is 12.1. The van der Waals surface area contributed by atoms with Crippen LogP contribution in [0.15, 0.2) is 48.5 Å². The maximum absolute atomic E-state index is 12.1. The van der Waals surface area contributed by atoms with Gasteiger partial charge in [0.25, 0.3) is 5.91 Å². The van der Waals surface area contributed by atoms with Crippen molar-refractivity contribution in [1.29, 1.82) is 0 Å². The first-order valence-corrected chi connectivity index (χ1v) is 8.24. The third-order valence-corrected chi connectivity index (χ3v) is 4.01. The summed E-state index contributed by atoms with van der Waals surface area (Å²) in [7, 11) is 0. The number of nitrogens with zero attached hydrogens (tertiary/aromatic N) is 1. The number of benzene rings is 2. The molecule has 0 aliphatic rings. The molecule has 4 heteroatoms. The second kappa shape index (κ2) is 8.29. The third-order valence-electron chi connectivity index (χ3n) is 4.01. The Balaban J connectivity index is 2.08. The van der Waals surface area contributed by atoms with Crippen molar-refractivity contribution in [2.45, 2.75) is 27.2 Å². The lowest BCUT2D eigenvalue weighted by Crippen LogP contribution is -2.38. The van der Waals surface area contributed by atoms with E-state index in [1.807, 2.05) is 43.3 Å². The van der Waals surface area contributed by atoms with E-state index >= 15 is 0 Å². The highest BCUT2D eigenvalue weighted by Gasteiger charge is 2.17. The molecule has 0 bridgehead atoms. The second-order valence-corrected chi connectivity index (χ2v) is 5.73. The Morgan fingerprint density at radius 3 is 2.38 bits per heavy atom. The van der Waals surface area contributed by atoms with E-state index in [1.54, 1.807) is 24.0 Å². The van der Waals surface area contributed by atoms with Crippen LogP contribution in [0.5, 0.6) is 0 Å². The molecule has 0 spiro atoms. The molecule has 0 atom stereocenters. The zero-order valence-corrected chi connectivity index (χ0v) is 14.5. The number of rotatable bonds is 6. The number of hydrogen-bond acceptors (Lipinski definition) is 2. The van der Waals surface area contributed by atoms with Gasteiger partial charge in [-0.25, -0.2) is 0 Å². The van der Waals surface area contributed by atoms with Gasteiger partial charge in [0, 0.05) is 31.3 Å². The van der Waals surface area contributed by atoms with Gasteiger partial charge in [0.05, 0.1) is 0 Å². The van der Waals surface area contributed by atoms with Crippen LogP contribution >= 0.6 is 0 Å². The van der Waals surface area contributed by atoms with Crippen LogP contribution in [-0.2, 0) is 11.2 Å². The zero-order chi connectivity index (χ0) is 17.5. The number of carbonyl (C=O) groups is 2. The van der Waals surface area contributed by atoms with Crippen LogP contribution in [0, 0.1) is 6.92 Å². The molecule has 24 heavy (non-hydrogen) atoms. The summed E-state index contributed by atoms with van der Waals surface area (Å²) in [4.78, 5) is 26.0. The predicted octanol–water partition coefficient (Wildman–Crippen LogP) is 3.34. The summed E-state index contributed by atoms with van der Waals surface area (Å²) in [6, 6.07) is 15.1. The average molecular weight is 324 g/mol. The summed E-state index contributed by atoms with van der Waals surface area (Å²) in [5.41, 5.74) is 3.79. The van der Waals surface area contributed by atoms with Gasteiger partial charge in [-0.05, 0) is 36.6 Å². The summed E-state index contributed by atoms with van der Waals surface area (Å²) in [5, 5.41) is 2.88. The molecule has 0 aliphatic carbocycles. The Bertz CT molecular complexity index is 711. The number of amides is 2. The van der Waals surface area contributed by atoms with E-state index in [1.165, 1.54) is 0 Å². The van der Waals surface area contributed by atoms with Gasteiger partial charge in [-0.3, -0.25) is 9.59 Å². The average Bonchev–Trinajstić information content (AvgIpc) is 2.59. The lowest BCUT2D eigenvalue weighted by atomic mass is 10.0. The molecule has 2 aromatic rings. The molecule has 0 radical (unpaired) electrons. The monoisotopic (exact) mass is 324 g/mol. The van der Waals surface area contributed by atoms with Gasteiger partial charge in [0.2, 0.25) is 5.91 Å². The lowest BCUT2D eigenvalue weighted by Gasteiger charge is -2.26. The second-order valence-electron chi connectivity index (χ2n) is 5.73. The van der Waals surface area contributed by atoms with Crippen molar-refractivity contribution < 1.29 is 9.59 Å². The SMILES string of the molecule is CCc1cccc(C)c1N(CCNC(=O)c1ccccc1)C(C)=O. The molecule has 0 heterocycles. The fourth-order valence-electron chi connectivity index (χ4n) is 2.79. The number of aryl methyl sites for hydroxylation is 2. The molecule has 0 aromatic heterocycles. The van der Waals surface area contributed by atoms with Gasteiger partial charge in [-0.2, -0.15) is 0 Å². The minimum absolute atomic E-state index is 0.0204. The van der Waals surface area contributed by atoms with Gasteiger partial charge in [-0.15, -0.1) is 0 Å². The van der Waals surface area contributed by atoms with Crippen molar-refractivity contribution in [3.05, 3.63) is 65.2 Å². The Labute approximate surface area is 143 Å². The smallest absolute Gasteiger partial charge is 0.251 e. The molecule has 2 aromatic carbocycles. The number of para-hydroxylation sites is 1. The summed E-state index contributed by atoms with van der Waals surface area (Å²) in [5.74, 6) is -0.146. The Hall–Kier alpha value is -2.62. The number of carbonyl (C=O) groups excluding carboxylic acids is 2. The van der Waals surface area contributed by atoms with Crippen molar-refractivity contribution >= 4 is 17.5 Å². The van der Waals surface area contributed by atoms with Crippen LogP contribution in [0.25, 0.3) is 0 Å². The molecular formula is C20H24N2O2. The molecule has 4 nitrogen and oxygen atoms in total. The van der Waals surface area contributed by atoms with E-state index in [-0.39, 0.29) is 11.8 Å². The molecule has 2 rings (SSSR count). The van der Waals surface area contributed by atoms with E-state index in [4.69, 9.17) is 0 Å². The third kappa shape index (κ3) is 4.22. The molecule has 0 unspecified atom stereocenters. The Morgan fingerprint density at radius 1 is 1.04 bits per heavy atom. The van der Waals surface area contributed by atoms with Crippen molar-refractivity contribution in [1.82, 2.24) is 5.32 Å². The summed E-state index contributed by atoms with van der Waals surface area (Å²) >= 11 is 0. The standard InChI is InChI=1S/C20H24N2O2/c1-4-17-12-8-9-15(2)19(17)22(16(3)23)14-13-21-20(24)18-10-6-5-7-11-18/h5-12H,4,13-14H2,1-3H3,(H,21,24). The molecule has 0 saturated heterocycles. The molecule has 1 N–H and O–H groups in total. The summed E-state index contributed by atoms with van der Waals surface area (Å²) < 4.78 is 0. The largest absolute Gasteiger partial charge is 0.350 e. The van der Waals surface area contributed by atoms with Crippen LogP contribution in [0.3, 0.4) is 0 Å². The highest BCUT2D eigenvalue weighted by Crippen LogP contribution is 2.25. The molecule has 0 saturated carbocycles. The molecule has 0 fully saturated rings. The lowest BCUT2D eigenvalue weighted by molar-refractivity contribution is -0.116. The van der Waals surface area contributed by atoms with Crippen LogP contribution in [-0.4, -0.2) is 24.9 Å². The minimum Gasteiger partial charge on any atom is -0.350 e. The fourth-order valence-corrected chi connectivity index (χ4v) is 2.79. The highest BCUT2D eigenvalue weighted by atomic mass is 16.2. The van der Waals surface area contributed by atoms with Crippen molar-refractivity contribution in [3.8, 4) is 0 Å². The van der Waals surface area contributed by atoms with E-state index in [9.17, 15) is 9.59 Å². The first-order chi connectivity index (χ1) is 11.5. The number of anilines is 1. The van der Waals surface area contributed by atoms with Crippen LogP contribution < -0.4 is 10.2 Å². The van der Waals surface area contributed by atoms with Crippen LogP contribution in [0.4, 0.5) is 5.69 Å². The molecule has 2 amide bonds. The fraction of sp³-hybridized carbons (Fsp3) is 0.300. The van der Waals surface area contributed by atoms with Crippen molar-refractivity contribution in [2.24, 2.45) is 0 Å². The molecule has 126 valence electrons.